The predicted octanol–water partition coefficient (Wildman–Crippen LogP) is 12.5. The number of benzene rings is 11. The lowest BCUT2D eigenvalue weighted by Crippen LogP contribution is -2.51. The average Bonchev–Trinajstić information content (AvgIpc) is 3.27. The van der Waals surface area contributed by atoms with Gasteiger partial charge in [0.25, 0.3) is 0 Å². The number of fused-ring (bicyclic) bond motifs is 4. The van der Waals surface area contributed by atoms with Crippen LogP contribution in [0.3, 0.4) is 0 Å². The Morgan fingerprint density at radius 3 is 1.50 bits per heavy atom. The van der Waals surface area contributed by atoms with Gasteiger partial charge < -0.3 is 4.90 Å². The van der Waals surface area contributed by atoms with Crippen molar-refractivity contribution in [3.63, 3.8) is 0 Å². The first kappa shape index (κ1) is 32.3. The van der Waals surface area contributed by atoms with Gasteiger partial charge in [0.15, 0.2) is 0 Å². The van der Waals surface area contributed by atoms with E-state index in [2.05, 4.69) is 223 Å². The molecule has 0 atom stereocenters. The highest BCUT2D eigenvalue weighted by Crippen LogP contribution is 2.49. The van der Waals surface area contributed by atoms with Crippen molar-refractivity contribution in [3.8, 4) is 11.1 Å². The van der Waals surface area contributed by atoms with E-state index in [4.69, 9.17) is 0 Å². The summed E-state index contributed by atoms with van der Waals surface area (Å²) < 4.78 is 0. The van der Waals surface area contributed by atoms with E-state index in [1.807, 2.05) is 0 Å². The maximum absolute atomic E-state index is 2.41. The van der Waals surface area contributed by atoms with Gasteiger partial charge in [-0.3, -0.25) is 0 Å². The quantitative estimate of drug-likeness (QED) is 0.0905. The van der Waals surface area contributed by atoms with Crippen molar-refractivity contribution in [2.24, 2.45) is 0 Å². The van der Waals surface area contributed by atoms with E-state index in [1.165, 1.54) is 87.1 Å². The van der Waals surface area contributed by atoms with Gasteiger partial charge in [-0.15, -0.1) is 0 Å². The summed E-state index contributed by atoms with van der Waals surface area (Å²) in [5, 5.41) is 12.8. The summed E-state index contributed by atoms with van der Waals surface area (Å²) in [6, 6.07) is 80.2. The van der Waals surface area contributed by atoms with Crippen LogP contribution in [0, 0.1) is 0 Å². The van der Waals surface area contributed by atoms with Gasteiger partial charge in [0.1, 0.15) is 0 Å². The summed E-state index contributed by atoms with van der Waals surface area (Å²) >= 11 is 0. The van der Waals surface area contributed by atoms with E-state index < -0.39 is 0 Å². The van der Waals surface area contributed by atoms with Gasteiger partial charge in [-0.1, -0.05) is 198 Å². The van der Waals surface area contributed by atoms with Crippen molar-refractivity contribution in [2.75, 3.05) is 4.90 Å². The second kappa shape index (κ2) is 13.3. The lowest BCUT2D eigenvalue weighted by atomic mass is 9.37. The molecule has 0 aromatic heterocycles. The van der Waals surface area contributed by atoms with Crippen molar-refractivity contribution in [2.45, 2.75) is 0 Å². The van der Waals surface area contributed by atoms with E-state index in [1.54, 1.807) is 0 Å². The molecule has 56 heavy (non-hydrogen) atoms. The van der Waals surface area contributed by atoms with Crippen LogP contribution in [0.4, 0.5) is 17.1 Å². The highest BCUT2D eigenvalue weighted by molar-refractivity contribution is 6.95. The van der Waals surface area contributed by atoms with Crippen LogP contribution in [-0.4, -0.2) is 6.71 Å². The standard InChI is InChI=1S/C54H36BN/c1-5-15-41(16-6-1)55(42-17-7-2-8-18-42)43-30-27-38-35-40(26-25-39(38)36-43)46-32-33-50-47-23-13-14-24-48(47)54-51(34-29-37-28-31-49(46)53(50)52(37)54)56(44-19-9-3-10-20-44)45-21-11-4-12-22-45/h1-36H. The number of nitrogens with zero attached hydrogens (tertiary/aromatic N) is 1. The fourth-order valence-corrected chi connectivity index (χ4v) is 9.18. The third-order valence-electron chi connectivity index (χ3n) is 11.7. The minimum atomic E-state index is 0.165. The van der Waals surface area contributed by atoms with Gasteiger partial charge in [0.2, 0.25) is 6.71 Å². The van der Waals surface area contributed by atoms with Gasteiger partial charge in [-0.05, 0) is 90.6 Å². The SMILES string of the molecule is c1ccc(B(c2ccccc2)c2ccc3cc(-c4ccc5c6ccccc6c6c(N(c7ccccc7)c7ccccc7)ccc7ccc4c5c76)ccc3c2)cc1. The molecule has 0 bridgehead atoms. The Kier molecular flexibility index (Phi) is 7.67. The Hall–Kier alpha value is -7.16. The lowest BCUT2D eigenvalue weighted by Gasteiger charge is -2.28. The zero-order chi connectivity index (χ0) is 37.0. The van der Waals surface area contributed by atoms with Crippen LogP contribution in [0.2, 0.25) is 0 Å². The van der Waals surface area contributed by atoms with Gasteiger partial charge in [-0.25, -0.2) is 0 Å². The highest BCUT2D eigenvalue weighted by Gasteiger charge is 2.24. The second-order valence-corrected chi connectivity index (χ2v) is 14.8. The van der Waals surface area contributed by atoms with E-state index in [0.717, 1.165) is 11.4 Å². The molecule has 0 aliphatic heterocycles. The second-order valence-electron chi connectivity index (χ2n) is 14.8. The Morgan fingerprint density at radius 1 is 0.304 bits per heavy atom. The number of para-hydroxylation sites is 2. The number of hydrogen-bond acceptors (Lipinski definition) is 1. The molecule has 11 aromatic rings. The molecule has 11 aromatic carbocycles. The van der Waals surface area contributed by atoms with E-state index in [9.17, 15) is 0 Å². The molecule has 0 heterocycles. The maximum Gasteiger partial charge on any atom is 0.241 e. The third-order valence-corrected chi connectivity index (χ3v) is 11.7. The molecule has 0 fully saturated rings. The topological polar surface area (TPSA) is 3.24 Å². The number of anilines is 3. The number of rotatable bonds is 7. The first-order valence-electron chi connectivity index (χ1n) is 19.5. The molecule has 0 saturated heterocycles. The van der Waals surface area contributed by atoms with E-state index >= 15 is 0 Å². The zero-order valence-corrected chi connectivity index (χ0v) is 30.8. The van der Waals surface area contributed by atoms with Crippen LogP contribution < -0.4 is 21.3 Å². The normalized spacial score (nSPS) is 11.6. The van der Waals surface area contributed by atoms with Crippen LogP contribution >= 0.6 is 0 Å². The van der Waals surface area contributed by atoms with Gasteiger partial charge >= 0.3 is 0 Å². The molecule has 0 saturated carbocycles. The number of hydrogen-bond donors (Lipinski definition) is 0. The van der Waals surface area contributed by atoms with Gasteiger partial charge in [0, 0.05) is 22.1 Å². The molecule has 0 N–H and O–H groups in total. The van der Waals surface area contributed by atoms with Crippen molar-refractivity contribution >= 4 is 94.0 Å². The minimum absolute atomic E-state index is 0.165. The molecule has 0 spiro atoms. The summed E-state index contributed by atoms with van der Waals surface area (Å²) in [5.74, 6) is 0. The minimum Gasteiger partial charge on any atom is -0.310 e. The smallest absolute Gasteiger partial charge is 0.241 e. The van der Waals surface area contributed by atoms with Gasteiger partial charge in [0.05, 0.1) is 5.69 Å². The third kappa shape index (κ3) is 5.26. The predicted molar refractivity (Wildman–Crippen MR) is 243 cm³/mol. The molecule has 0 amide bonds. The summed E-state index contributed by atoms with van der Waals surface area (Å²) in [6.07, 6.45) is 0. The molecule has 0 aliphatic carbocycles. The van der Waals surface area contributed by atoms with Crippen LogP contribution in [0.5, 0.6) is 0 Å². The zero-order valence-electron chi connectivity index (χ0n) is 30.8. The van der Waals surface area contributed by atoms with Crippen LogP contribution in [0.25, 0.3) is 65.0 Å². The lowest BCUT2D eigenvalue weighted by molar-refractivity contribution is 1.30. The molecule has 11 rings (SSSR count). The maximum atomic E-state index is 2.41. The monoisotopic (exact) mass is 709 g/mol. The summed E-state index contributed by atoms with van der Waals surface area (Å²) in [4.78, 5) is 2.41. The van der Waals surface area contributed by atoms with Crippen molar-refractivity contribution in [1.82, 2.24) is 0 Å². The molecular weight excluding hydrogens is 673 g/mol. The first-order chi connectivity index (χ1) is 27.8. The molecule has 0 radical (unpaired) electrons. The molecule has 0 aliphatic rings. The van der Waals surface area contributed by atoms with Crippen molar-refractivity contribution < 1.29 is 0 Å². The first-order valence-corrected chi connectivity index (χ1v) is 19.5. The Bertz CT molecular complexity index is 3100. The fourth-order valence-electron chi connectivity index (χ4n) is 9.18. The van der Waals surface area contributed by atoms with E-state index in [0.29, 0.717) is 0 Å². The summed E-state index contributed by atoms with van der Waals surface area (Å²) in [6.45, 7) is 0.165. The van der Waals surface area contributed by atoms with Gasteiger partial charge in [-0.2, -0.15) is 0 Å². The van der Waals surface area contributed by atoms with Crippen LogP contribution in [0.15, 0.2) is 218 Å². The van der Waals surface area contributed by atoms with Crippen molar-refractivity contribution in [1.29, 1.82) is 0 Å². The molecule has 2 heteroatoms. The Balaban J connectivity index is 1.11. The van der Waals surface area contributed by atoms with E-state index in [-0.39, 0.29) is 6.71 Å². The highest BCUT2D eigenvalue weighted by atomic mass is 15.1. The largest absolute Gasteiger partial charge is 0.310 e. The molecule has 260 valence electrons. The molecule has 1 nitrogen and oxygen atoms in total. The Morgan fingerprint density at radius 2 is 0.821 bits per heavy atom. The molecule has 0 unspecified atom stereocenters. The molecular formula is C54H36BN. The van der Waals surface area contributed by atoms with Crippen LogP contribution in [0.1, 0.15) is 0 Å². The Labute approximate surface area is 327 Å². The van der Waals surface area contributed by atoms with Crippen molar-refractivity contribution in [3.05, 3.63) is 218 Å². The average molecular weight is 710 g/mol. The van der Waals surface area contributed by atoms with Crippen LogP contribution in [-0.2, 0) is 0 Å². The summed E-state index contributed by atoms with van der Waals surface area (Å²) in [7, 11) is 0. The fraction of sp³-hybridized carbons (Fsp3) is 0. The summed E-state index contributed by atoms with van der Waals surface area (Å²) in [5.41, 5.74) is 9.83.